The summed E-state index contributed by atoms with van der Waals surface area (Å²) < 4.78 is 5.51. The van der Waals surface area contributed by atoms with Crippen molar-refractivity contribution in [3.63, 3.8) is 0 Å². The van der Waals surface area contributed by atoms with Crippen molar-refractivity contribution < 1.29 is 14.3 Å². The van der Waals surface area contributed by atoms with E-state index in [0.717, 1.165) is 12.8 Å². The van der Waals surface area contributed by atoms with Gasteiger partial charge in [0.15, 0.2) is 12.4 Å². The van der Waals surface area contributed by atoms with Gasteiger partial charge in [-0.05, 0) is 37.6 Å². The second-order valence-corrected chi connectivity index (χ2v) is 6.47. The molecule has 0 saturated heterocycles. The molecule has 26 heavy (non-hydrogen) atoms. The van der Waals surface area contributed by atoms with Gasteiger partial charge in [0.05, 0.1) is 0 Å². The first kappa shape index (κ1) is 19.7. The Bertz CT molecular complexity index is 695. The maximum absolute atomic E-state index is 12.3. The molecule has 2 rings (SSSR count). The lowest BCUT2D eigenvalue weighted by Crippen LogP contribution is -2.36. The summed E-state index contributed by atoms with van der Waals surface area (Å²) in [7, 11) is 0. The van der Waals surface area contributed by atoms with Gasteiger partial charge in [-0.1, -0.05) is 56.5 Å². The van der Waals surface area contributed by atoms with E-state index in [0.29, 0.717) is 16.9 Å². The van der Waals surface area contributed by atoms with Crippen LogP contribution in [0, 0.1) is 0 Å². The SMILES string of the molecule is CCCCC[C@H](C)NC(=O)COc1ccc(C(=O)c2ccccc2)cc1. The summed E-state index contributed by atoms with van der Waals surface area (Å²) in [6, 6.07) is 16.2. The molecule has 0 bridgehead atoms. The Labute approximate surface area is 155 Å². The van der Waals surface area contributed by atoms with Crippen LogP contribution in [0.25, 0.3) is 0 Å². The highest BCUT2D eigenvalue weighted by Crippen LogP contribution is 2.15. The minimum absolute atomic E-state index is 0.0237. The number of ketones is 1. The van der Waals surface area contributed by atoms with E-state index < -0.39 is 0 Å². The van der Waals surface area contributed by atoms with Crippen LogP contribution < -0.4 is 10.1 Å². The Morgan fingerprint density at radius 2 is 1.62 bits per heavy atom. The summed E-state index contributed by atoms with van der Waals surface area (Å²) in [5.41, 5.74) is 1.25. The molecule has 1 N–H and O–H groups in total. The summed E-state index contributed by atoms with van der Waals surface area (Å²) in [5, 5.41) is 2.94. The zero-order valence-electron chi connectivity index (χ0n) is 15.5. The second-order valence-electron chi connectivity index (χ2n) is 6.47. The van der Waals surface area contributed by atoms with E-state index in [4.69, 9.17) is 4.74 Å². The lowest BCUT2D eigenvalue weighted by molar-refractivity contribution is -0.123. The summed E-state index contributed by atoms with van der Waals surface area (Å²) in [6.07, 6.45) is 4.46. The minimum Gasteiger partial charge on any atom is -0.484 e. The lowest BCUT2D eigenvalue weighted by atomic mass is 10.0. The van der Waals surface area contributed by atoms with Crippen molar-refractivity contribution in [3.05, 3.63) is 65.7 Å². The molecule has 4 heteroatoms. The Hall–Kier alpha value is -2.62. The fourth-order valence-electron chi connectivity index (χ4n) is 2.70. The second kappa shape index (κ2) is 10.4. The lowest BCUT2D eigenvalue weighted by Gasteiger charge is -2.14. The van der Waals surface area contributed by atoms with Crippen LogP contribution in [0.2, 0.25) is 0 Å². The van der Waals surface area contributed by atoms with Crippen molar-refractivity contribution in [1.82, 2.24) is 5.32 Å². The molecule has 0 saturated carbocycles. The average Bonchev–Trinajstić information content (AvgIpc) is 2.67. The first-order valence-corrected chi connectivity index (χ1v) is 9.22. The van der Waals surface area contributed by atoms with Crippen molar-refractivity contribution in [2.75, 3.05) is 6.61 Å². The van der Waals surface area contributed by atoms with Crippen molar-refractivity contribution >= 4 is 11.7 Å². The molecule has 0 aliphatic heterocycles. The summed E-state index contributed by atoms with van der Waals surface area (Å²) in [6.45, 7) is 4.15. The Balaban J connectivity index is 1.80. The molecular weight excluding hydrogens is 326 g/mol. The van der Waals surface area contributed by atoms with Gasteiger partial charge in [0, 0.05) is 17.2 Å². The van der Waals surface area contributed by atoms with E-state index in [1.165, 1.54) is 12.8 Å². The first-order chi connectivity index (χ1) is 12.6. The van der Waals surface area contributed by atoms with Crippen LogP contribution in [0.4, 0.5) is 0 Å². The molecule has 1 amide bonds. The van der Waals surface area contributed by atoms with E-state index in [-0.39, 0.29) is 24.3 Å². The van der Waals surface area contributed by atoms with Gasteiger partial charge in [-0.3, -0.25) is 9.59 Å². The van der Waals surface area contributed by atoms with Gasteiger partial charge >= 0.3 is 0 Å². The molecule has 4 nitrogen and oxygen atoms in total. The molecule has 0 heterocycles. The van der Waals surface area contributed by atoms with Gasteiger partial charge in [-0.15, -0.1) is 0 Å². The normalized spacial score (nSPS) is 11.6. The van der Waals surface area contributed by atoms with E-state index >= 15 is 0 Å². The summed E-state index contributed by atoms with van der Waals surface area (Å²) in [4.78, 5) is 24.3. The fourth-order valence-corrected chi connectivity index (χ4v) is 2.70. The molecular formula is C22H27NO3. The molecule has 0 spiro atoms. The van der Waals surface area contributed by atoms with Crippen molar-refractivity contribution in [1.29, 1.82) is 0 Å². The predicted molar refractivity (Wildman–Crippen MR) is 104 cm³/mol. The van der Waals surface area contributed by atoms with Crippen LogP contribution in [0.5, 0.6) is 5.75 Å². The standard InChI is InChI=1S/C22H27NO3/c1-3-4-6-9-17(2)23-21(24)16-26-20-14-12-19(13-15-20)22(25)18-10-7-5-8-11-18/h5,7-8,10-15,17H,3-4,6,9,16H2,1-2H3,(H,23,24)/t17-/m0/s1. The molecule has 0 aliphatic carbocycles. The highest BCUT2D eigenvalue weighted by molar-refractivity contribution is 6.08. The maximum Gasteiger partial charge on any atom is 0.258 e. The fraction of sp³-hybridized carbons (Fsp3) is 0.364. The molecule has 2 aromatic carbocycles. The molecule has 1 atom stereocenters. The van der Waals surface area contributed by atoms with Crippen molar-refractivity contribution in [2.24, 2.45) is 0 Å². The largest absolute Gasteiger partial charge is 0.484 e. The highest BCUT2D eigenvalue weighted by Gasteiger charge is 2.10. The third kappa shape index (κ3) is 6.36. The van der Waals surface area contributed by atoms with Gasteiger partial charge in [-0.25, -0.2) is 0 Å². The molecule has 0 aromatic heterocycles. The van der Waals surface area contributed by atoms with Crippen LogP contribution in [0.3, 0.4) is 0 Å². The zero-order chi connectivity index (χ0) is 18.8. The number of carbonyl (C=O) groups is 2. The van der Waals surface area contributed by atoms with Crippen molar-refractivity contribution in [3.8, 4) is 5.75 Å². The average molecular weight is 353 g/mol. The molecule has 138 valence electrons. The molecule has 2 aromatic rings. The van der Waals surface area contributed by atoms with E-state index in [1.807, 2.05) is 25.1 Å². The number of hydrogen-bond donors (Lipinski definition) is 1. The van der Waals surface area contributed by atoms with E-state index in [2.05, 4.69) is 12.2 Å². The first-order valence-electron chi connectivity index (χ1n) is 9.22. The van der Waals surface area contributed by atoms with Crippen molar-refractivity contribution in [2.45, 2.75) is 45.6 Å². The third-order valence-electron chi connectivity index (χ3n) is 4.17. The number of amides is 1. The number of ether oxygens (including phenoxy) is 1. The topological polar surface area (TPSA) is 55.4 Å². The van der Waals surface area contributed by atoms with Crippen LogP contribution in [0.1, 0.15) is 55.5 Å². The number of unbranched alkanes of at least 4 members (excludes halogenated alkanes) is 2. The Kier molecular flexibility index (Phi) is 7.87. The number of hydrogen-bond acceptors (Lipinski definition) is 3. The van der Waals surface area contributed by atoms with E-state index in [9.17, 15) is 9.59 Å². The van der Waals surface area contributed by atoms with Crippen LogP contribution in [-0.4, -0.2) is 24.3 Å². The smallest absolute Gasteiger partial charge is 0.258 e. The number of nitrogens with one attached hydrogen (secondary N) is 1. The minimum atomic E-state index is -0.126. The molecule has 0 unspecified atom stereocenters. The van der Waals surface area contributed by atoms with Gasteiger partial charge in [0.1, 0.15) is 5.75 Å². The van der Waals surface area contributed by atoms with Gasteiger partial charge in [0.2, 0.25) is 0 Å². The summed E-state index contributed by atoms with van der Waals surface area (Å²) in [5.74, 6) is 0.414. The molecule has 0 aliphatic rings. The summed E-state index contributed by atoms with van der Waals surface area (Å²) >= 11 is 0. The Morgan fingerprint density at radius 1 is 0.962 bits per heavy atom. The molecule has 0 fully saturated rings. The highest BCUT2D eigenvalue weighted by atomic mass is 16.5. The Morgan fingerprint density at radius 3 is 2.27 bits per heavy atom. The predicted octanol–water partition coefficient (Wildman–Crippen LogP) is 4.38. The van der Waals surface area contributed by atoms with Gasteiger partial charge < -0.3 is 10.1 Å². The quantitative estimate of drug-likeness (QED) is 0.509. The maximum atomic E-state index is 12.3. The van der Waals surface area contributed by atoms with Crippen LogP contribution >= 0.6 is 0 Å². The van der Waals surface area contributed by atoms with Crippen LogP contribution in [0.15, 0.2) is 54.6 Å². The zero-order valence-corrected chi connectivity index (χ0v) is 15.5. The van der Waals surface area contributed by atoms with Gasteiger partial charge in [0.25, 0.3) is 5.91 Å². The van der Waals surface area contributed by atoms with Crippen LogP contribution in [-0.2, 0) is 4.79 Å². The third-order valence-corrected chi connectivity index (χ3v) is 4.17. The number of benzene rings is 2. The number of rotatable bonds is 10. The number of carbonyl (C=O) groups excluding carboxylic acids is 2. The monoisotopic (exact) mass is 353 g/mol. The van der Waals surface area contributed by atoms with Gasteiger partial charge in [-0.2, -0.15) is 0 Å². The van der Waals surface area contributed by atoms with E-state index in [1.54, 1.807) is 36.4 Å². The molecule has 0 radical (unpaired) electrons.